The van der Waals surface area contributed by atoms with Crippen molar-refractivity contribution in [3.05, 3.63) is 47.7 Å². The van der Waals surface area contributed by atoms with Crippen LogP contribution in [0.1, 0.15) is 30.5 Å². The van der Waals surface area contributed by atoms with Crippen molar-refractivity contribution >= 4 is 5.97 Å². The van der Waals surface area contributed by atoms with Gasteiger partial charge in [-0.2, -0.15) is 0 Å². The van der Waals surface area contributed by atoms with E-state index in [2.05, 4.69) is 4.98 Å². The van der Waals surface area contributed by atoms with Gasteiger partial charge in [-0.15, -0.1) is 0 Å². The van der Waals surface area contributed by atoms with Crippen LogP contribution in [0.15, 0.2) is 30.7 Å². The molecular formula is C14H13FN2O2. The molecular weight excluding hydrogens is 247 g/mol. The first kappa shape index (κ1) is 11.9. The van der Waals surface area contributed by atoms with Crippen LogP contribution < -0.4 is 4.74 Å². The van der Waals surface area contributed by atoms with E-state index in [9.17, 15) is 9.18 Å². The Hall–Kier alpha value is -2.17. The van der Waals surface area contributed by atoms with Gasteiger partial charge < -0.3 is 4.74 Å². The molecule has 98 valence electrons. The second kappa shape index (κ2) is 4.50. The van der Waals surface area contributed by atoms with Crippen molar-refractivity contribution in [1.29, 1.82) is 0 Å². The van der Waals surface area contributed by atoms with Gasteiger partial charge >= 0.3 is 5.97 Å². The van der Waals surface area contributed by atoms with Crippen molar-refractivity contribution in [2.75, 3.05) is 0 Å². The molecule has 1 aliphatic carbocycles. The Labute approximate surface area is 109 Å². The molecule has 4 nitrogen and oxygen atoms in total. The number of ether oxygens (including phenoxy) is 1. The van der Waals surface area contributed by atoms with Gasteiger partial charge in [0.25, 0.3) is 0 Å². The predicted octanol–water partition coefficient (Wildman–Crippen LogP) is 2.48. The van der Waals surface area contributed by atoms with Crippen molar-refractivity contribution in [3.8, 4) is 5.88 Å². The van der Waals surface area contributed by atoms with E-state index < -0.39 is 0 Å². The molecule has 3 rings (SSSR count). The highest BCUT2D eigenvalue weighted by atomic mass is 19.1. The minimum absolute atomic E-state index is 0.0486. The monoisotopic (exact) mass is 260 g/mol. The summed E-state index contributed by atoms with van der Waals surface area (Å²) in [6.07, 6.45) is 4.82. The Morgan fingerprint density at radius 1 is 1.53 bits per heavy atom. The summed E-state index contributed by atoms with van der Waals surface area (Å²) in [6.45, 7) is 1.36. The van der Waals surface area contributed by atoms with Gasteiger partial charge in [0.1, 0.15) is 5.82 Å². The lowest BCUT2D eigenvalue weighted by molar-refractivity contribution is -0.132. The number of carbonyl (C=O) groups excluding carboxylic acids is 1. The molecule has 0 bridgehead atoms. The smallest absolute Gasteiger partial charge is 0.309 e. The zero-order valence-corrected chi connectivity index (χ0v) is 10.5. The van der Waals surface area contributed by atoms with Crippen LogP contribution in [0.4, 0.5) is 4.39 Å². The van der Waals surface area contributed by atoms with Crippen molar-refractivity contribution in [2.45, 2.75) is 25.8 Å². The molecule has 0 N–H and O–H groups in total. The third kappa shape index (κ3) is 2.12. The molecule has 0 amide bonds. The maximum absolute atomic E-state index is 13.2. The molecule has 0 fully saturated rings. The van der Waals surface area contributed by atoms with Crippen molar-refractivity contribution in [1.82, 2.24) is 9.55 Å². The second-order valence-corrected chi connectivity index (χ2v) is 4.63. The second-order valence-electron chi connectivity index (χ2n) is 4.63. The molecule has 0 radical (unpaired) electrons. The number of halogens is 1. The number of rotatable bonds is 2. The van der Waals surface area contributed by atoms with Gasteiger partial charge in [0.2, 0.25) is 5.88 Å². The number of fused-ring (bicyclic) bond motifs is 1. The number of aromatic nitrogens is 2. The van der Waals surface area contributed by atoms with Crippen LogP contribution in [0.3, 0.4) is 0 Å². The van der Waals surface area contributed by atoms with Gasteiger partial charge in [-0.1, -0.05) is 6.07 Å². The molecule has 19 heavy (non-hydrogen) atoms. The average molecular weight is 260 g/mol. The molecule has 2 aromatic rings. The molecule has 0 aliphatic heterocycles. The molecule has 0 saturated carbocycles. The molecule has 1 aromatic carbocycles. The fraction of sp³-hybridized carbons (Fsp3) is 0.286. The lowest BCUT2D eigenvalue weighted by atomic mass is 10.1. The van der Waals surface area contributed by atoms with Crippen LogP contribution in [-0.2, 0) is 11.2 Å². The number of carbonyl (C=O) groups is 1. The summed E-state index contributed by atoms with van der Waals surface area (Å²) in [4.78, 5) is 15.1. The molecule has 1 aliphatic rings. The highest BCUT2D eigenvalue weighted by Gasteiger charge is 2.26. The first-order valence-electron chi connectivity index (χ1n) is 6.13. The van der Waals surface area contributed by atoms with Gasteiger partial charge in [-0.3, -0.25) is 9.36 Å². The maximum atomic E-state index is 13.2. The molecule has 1 aromatic heterocycles. The fourth-order valence-electron chi connectivity index (χ4n) is 2.61. The molecule has 1 atom stereocenters. The Balaban J connectivity index is 1.98. The summed E-state index contributed by atoms with van der Waals surface area (Å²) >= 11 is 0. The largest absolute Gasteiger partial charge is 0.408 e. The summed E-state index contributed by atoms with van der Waals surface area (Å²) in [6, 6.07) is 4.87. The molecule has 0 saturated heterocycles. The number of hydrogen-bond acceptors (Lipinski definition) is 3. The minimum atomic E-state index is -0.376. The van der Waals surface area contributed by atoms with Crippen molar-refractivity contribution in [2.24, 2.45) is 0 Å². The maximum Gasteiger partial charge on any atom is 0.309 e. The minimum Gasteiger partial charge on any atom is -0.408 e. The quantitative estimate of drug-likeness (QED) is 0.779. The van der Waals surface area contributed by atoms with Gasteiger partial charge in [0.15, 0.2) is 0 Å². The summed E-state index contributed by atoms with van der Waals surface area (Å²) in [7, 11) is 0. The number of nitrogens with zero attached hydrogens (tertiary/aromatic N) is 2. The lowest BCUT2D eigenvalue weighted by Gasteiger charge is -2.16. The van der Waals surface area contributed by atoms with E-state index in [1.807, 2.05) is 4.57 Å². The third-order valence-electron chi connectivity index (χ3n) is 3.37. The number of esters is 1. The third-order valence-corrected chi connectivity index (χ3v) is 3.37. The SMILES string of the molecule is CC(=O)Oc1cncn1C1CCc2cc(F)ccc21. The van der Waals surface area contributed by atoms with E-state index in [4.69, 9.17) is 4.74 Å². The van der Waals surface area contributed by atoms with E-state index in [-0.39, 0.29) is 17.8 Å². The fourth-order valence-corrected chi connectivity index (χ4v) is 2.61. The normalized spacial score (nSPS) is 17.3. The van der Waals surface area contributed by atoms with E-state index in [1.54, 1.807) is 18.5 Å². The first-order chi connectivity index (χ1) is 9.15. The first-order valence-corrected chi connectivity index (χ1v) is 6.13. The number of aryl methyl sites for hydroxylation is 1. The van der Waals surface area contributed by atoms with Crippen LogP contribution in [0.5, 0.6) is 5.88 Å². The Morgan fingerprint density at radius 2 is 2.37 bits per heavy atom. The lowest BCUT2D eigenvalue weighted by Crippen LogP contribution is -2.11. The Kier molecular flexibility index (Phi) is 2.81. The van der Waals surface area contributed by atoms with Crippen LogP contribution in [0.2, 0.25) is 0 Å². The Bertz CT molecular complexity index is 636. The summed E-state index contributed by atoms with van der Waals surface area (Å²) < 4.78 is 20.1. The van der Waals surface area contributed by atoms with Crippen LogP contribution >= 0.6 is 0 Å². The standard InChI is InChI=1S/C14H13FN2O2/c1-9(18)19-14-7-16-8-17(14)13-5-2-10-6-11(15)3-4-12(10)13/h3-4,6-8,13H,2,5H2,1H3. The zero-order chi connectivity index (χ0) is 13.4. The van der Waals surface area contributed by atoms with E-state index in [0.29, 0.717) is 5.88 Å². The van der Waals surface area contributed by atoms with E-state index >= 15 is 0 Å². The van der Waals surface area contributed by atoms with Crippen LogP contribution in [-0.4, -0.2) is 15.5 Å². The Morgan fingerprint density at radius 3 is 3.16 bits per heavy atom. The van der Waals surface area contributed by atoms with Gasteiger partial charge in [-0.05, 0) is 36.1 Å². The average Bonchev–Trinajstić information content (AvgIpc) is 2.93. The topological polar surface area (TPSA) is 44.1 Å². The summed E-state index contributed by atoms with van der Waals surface area (Å²) in [5.74, 6) is -0.168. The highest BCUT2D eigenvalue weighted by Crippen LogP contribution is 2.36. The summed E-state index contributed by atoms with van der Waals surface area (Å²) in [5.41, 5.74) is 2.07. The van der Waals surface area contributed by atoms with Gasteiger partial charge in [-0.25, -0.2) is 9.37 Å². The number of hydrogen-bond donors (Lipinski definition) is 0. The zero-order valence-electron chi connectivity index (χ0n) is 10.5. The number of imidazole rings is 1. The molecule has 1 unspecified atom stereocenters. The van der Waals surface area contributed by atoms with E-state index in [1.165, 1.54) is 19.2 Å². The van der Waals surface area contributed by atoms with Gasteiger partial charge in [0.05, 0.1) is 18.6 Å². The molecule has 0 spiro atoms. The molecule has 1 heterocycles. The van der Waals surface area contributed by atoms with E-state index in [0.717, 1.165) is 24.0 Å². The van der Waals surface area contributed by atoms with Crippen LogP contribution in [0, 0.1) is 5.82 Å². The number of benzene rings is 1. The van der Waals surface area contributed by atoms with Crippen LogP contribution in [0.25, 0.3) is 0 Å². The van der Waals surface area contributed by atoms with Crippen molar-refractivity contribution in [3.63, 3.8) is 0 Å². The molecule has 5 heteroatoms. The van der Waals surface area contributed by atoms with Crippen molar-refractivity contribution < 1.29 is 13.9 Å². The van der Waals surface area contributed by atoms with Gasteiger partial charge in [0, 0.05) is 6.92 Å². The summed E-state index contributed by atoms with van der Waals surface area (Å²) in [5, 5.41) is 0. The highest BCUT2D eigenvalue weighted by molar-refractivity contribution is 5.68. The predicted molar refractivity (Wildman–Crippen MR) is 66.4 cm³/mol.